The van der Waals surface area contributed by atoms with E-state index in [0.29, 0.717) is 5.92 Å². The van der Waals surface area contributed by atoms with Crippen molar-refractivity contribution in [3.05, 3.63) is 17.5 Å². The van der Waals surface area contributed by atoms with E-state index in [-0.39, 0.29) is 11.9 Å². The molecule has 1 saturated heterocycles. The second-order valence-corrected chi connectivity index (χ2v) is 5.80. The second-order valence-electron chi connectivity index (χ2n) is 5.80. The van der Waals surface area contributed by atoms with Gasteiger partial charge in [-0.15, -0.1) is 0 Å². The van der Waals surface area contributed by atoms with Gasteiger partial charge in [0.25, 0.3) is 0 Å². The highest BCUT2D eigenvalue weighted by Gasteiger charge is 2.34. The molecule has 0 spiro atoms. The summed E-state index contributed by atoms with van der Waals surface area (Å²) in [5.41, 5.74) is 6.85. The molecule has 0 aromatic carbocycles. The van der Waals surface area contributed by atoms with Crippen LogP contribution >= 0.6 is 0 Å². The first kappa shape index (κ1) is 14.1. The third-order valence-electron chi connectivity index (χ3n) is 3.55. The third-order valence-corrected chi connectivity index (χ3v) is 3.55. The maximum atomic E-state index is 12.4. The van der Waals surface area contributed by atoms with Gasteiger partial charge in [-0.25, -0.2) is 0 Å². The van der Waals surface area contributed by atoms with E-state index >= 15 is 0 Å². The molecule has 5 heteroatoms. The van der Waals surface area contributed by atoms with E-state index in [1.807, 2.05) is 17.9 Å². The lowest BCUT2D eigenvalue weighted by Gasteiger charge is -2.26. The third kappa shape index (κ3) is 3.15. The normalized spacial score (nSPS) is 21.1. The molecular weight excluding hydrogens is 242 g/mol. The first-order valence-electron chi connectivity index (χ1n) is 6.98. The number of hydrogen-bond acceptors (Lipinski definition) is 4. The maximum Gasteiger partial charge on any atom is 0.240 e. The van der Waals surface area contributed by atoms with Crippen molar-refractivity contribution in [2.75, 3.05) is 6.54 Å². The summed E-state index contributed by atoms with van der Waals surface area (Å²) in [5.74, 6) is 1.23. The van der Waals surface area contributed by atoms with Crippen LogP contribution in [0.2, 0.25) is 0 Å². The van der Waals surface area contributed by atoms with E-state index in [9.17, 15) is 4.79 Å². The SMILES string of the molecule is Cc1cc(C2CCCN2C(=O)[C@@H](N)CC(C)C)on1. The van der Waals surface area contributed by atoms with E-state index in [4.69, 9.17) is 10.3 Å². The highest BCUT2D eigenvalue weighted by atomic mass is 16.5. The summed E-state index contributed by atoms with van der Waals surface area (Å²) >= 11 is 0. The zero-order chi connectivity index (χ0) is 14.0. The fourth-order valence-corrected chi connectivity index (χ4v) is 2.69. The molecule has 1 amide bonds. The van der Waals surface area contributed by atoms with Gasteiger partial charge in [-0.05, 0) is 32.1 Å². The van der Waals surface area contributed by atoms with Crippen LogP contribution in [0, 0.1) is 12.8 Å². The van der Waals surface area contributed by atoms with Gasteiger partial charge in [-0.2, -0.15) is 0 Å². The van der Waals surface area contributed by atoms with Gasteiger partial charge in [0.05, 0.1) is 17.8 Å². The Morgan fingerprint density at radius 3 is 2.95 bits per heavy atom. The Morgan fingerprint density at radius 1 is 1.63 bits per heavy atom. The molecule has 5 nitrogen and oxygen atoms in total. The Kier molecular flexibility index (Phi) is 4.24. The zero-order valence-electron chi connectivity index (χ0n) is 11.9. The van der Waals surface area contributed by atoms with Crippen LogP contribution in [0.15, 0.2) is 10.6 Å². The quantitative estimate of drug-likeness (QED) is 0.904. The fourth-order valence-electron chi connectivity index (χ4n) is 2.69. The molecule has 1 aromatic heterocycles. The zero-order valence-corrected chi connectivity index (χ0v) is 11.9. The number of rotatable bonds is 4. The summed E-state index contributed by atoms with van der Waals surface area (Å²) in [4.78, 5) is 14.3. The first-order chi connectivity index (χ1) is 8.99. The standard InChI is InChI=1S/C14H23N3O2/c1-9(2)7-11(15)14(18)17-6-4-5-12(17)13-8-10(3)16-19-13/h8-9,11-12H,4-7,15H2,1-3H3/t11-,12?/m0/s1. The van der Waals surface area contributed by atoms with Gasteiger partial charge in [-0.1, -0.05) is 19.0 Å². The van der Waals surface area contributed by atoms with Gasteiger partial charge in [0, 0.05) is 12.6 Å². The number of likely N-dealkylation sites (tertiary alicyclic amines) is 1. The van der Waals surface area contributed by atoms with Crippen LogP contribution in [0.4, 0.5) is 0 Å². The number of carbonyl (C=O) groups excluding carboxylic acids is 1. The van der Waals surface area contributed by atoms with Crippen LogP contribution in [0.1, 0.15) is 50.6 Å². The molecule has 1 aliphatic heterocycles. The van der Waals surface area contributed by atoms with Crippen LogP contribution in [0.5, 0.6) is 0 Å². The number of aromatic nitrogens is 1. The fraction of sp³-hybridized carbons (Fsp3) is 0.714. The van der Waals surface area contributed by atoms with Gasteiger partial charge < -0.3 is 15.2 Å². The van der Waals surface area contributed by atoms with Crippen LogP contribution in [-0.2, 0) is 4.79 Å². The Morgan fingerprint density at radius 2 is 2.37 bits per heavy atom. The Bertz CT molecular complexity index is 442. The molecule has 1 aliphatic rings. The lowest BCUT2D eigenvalue weighted by molar-refractivity contribution is -0.134. The maximum absolute atomic E-state index is 12.4. The number of amides is 1. The molecule has 19 heavy (non-hydrogen) atoms. The molecular formula is C14H23N3O2. The largest absolute Gasteiger partial charge is 0.359 e. The van der Waals surface area contributed by atoms with E-state index in [1.165, 1.54) is 0 Å². The van der Waals surface area contributed by atoms with E-state index in [0.717, 1.165) is 37.3 Å². The molecule has 0 aliphatic carbocycles. The van der Waals surface area contributed by atoms with E-state index < -0.39 is 6.04 Å². The smallest absolute Gasteiger partial charge is 0.240 e. The van der Waals surface area contributed by atoms with Gasteiger partial charge in [0.2, 0.25) is 5.91 Å². The summed E-state index contributed by atoms with van der Waals surface area (Å²) < 4.78 is 5.30. The molecule has 106 valence electrons. The number of nitrogens with zero attached hydrogens (tertiary/aromatic N) is 2. The van der Waals surface area contributed by atoms with Crippen molar-refractivity contribution in [1.82, 2.24) is 10.1 Å². The monoisotopic (exact) mass is 265 g/mol. The molecule has 0 bridgehead atoms. The summed E-state index contributed by atoms with van der Waals surface area (Å²) in [5, 5.41) is 3.90. The predicted octanol–water partition coefficient (Wildman–Crippen LogP) is 2.02. The molecule has 2 heterocycles. The van der Waals surface area contributed by atoms with E-state index in [1.54, 1.807) is 0 Å². The van der Waals surface area contributed by atoms with Crippen molar-refractivity contribution < 1.29 is 9.32 Å². The minimum absolute atomic E-state index is 0.00640. The van der Waals surface area contributed by atoms with Crippen LogP contribution in [0.3, 0.4) is 0 Å². The van der Waals surface area contributed by atoms with Gasteiger partial charge in [0.1, 0.15) is 0 Å². The Balaban J connectivity index is 2.08. The van der Waals surface area contributed by atoms with Crippen LogP contribution in [0.25, 0.3) is 0 Å². The molecule has 1 unspecified atom stereocenters. The summed E-state index contributed by atoms with van der Waals surface area (Å²) in [6.07, 6.45) is 2.64. The summed E-state index contributed by atoms with van der Waals surface area (Å²) in [7, 11) is 0. The molecule has 1 fully saturated rings. The molecule has 1 aromatic rings. The van der Waals surface area contributed by atoms with Crippen LogP contribution < -0.4 is 5.73 Å². The minimum Gasteiger partial charge on any atom is -0.359 e. The Hall–Kier alpha value is -1.36. The van der Waals surface area contributed by atoms with Crippen molar-refractivity contribution in [3.63, 3.8) is 0 Å². The van der Waals surface area contributed by atoms with Crippen LogP contribution in [-0.4, -0.2) is 28.6 Å². The number of nitrogens with two attached hydrogens (primary N) is 1. The van der Waals surface area contributed by atoms with E-state index in [2.05, 4.69) is 19.0 Å². The van der Waals surface area contributed by atoms with Gasteiger partial charge >= 0.3 is 0 Å². The summed E-state index contributed by atoms with van der Waals surface area (Å²) in [6, 6.07) is 1.50. The Labute approximate surface area is 114 Å². The van der Waals surface area contributed by atoms with Crippen molar-refractivity contribution in [3.8, 4) is 0 Å². The second kappa shape index (κ2) is 5.74. The minimum atomic E-state index is -0.412. The summed E-state index contributed by atoms with van der Waals surface area (Å²) in [6.45, 7) is 6.80. The average molecular weight is 265 g/mol. The lowest BCUT2D eigenvalue weighted by Crippen LogP contribution is -2.44. The van der Waals surface area contributed by atoms with Gasteiger partial charge in [-0.3, -0.25) is 4.79 Å². The first-order valence-corrected chi connectivity index (χ1v) is 6.98. The lowest BCUT2D eigenvalue weighted by atomic mass is 10.0. The molecule has 0 saturated carbocycles. The van der Waals surface area contributed by atoms with Crippen molar-refractivity contribution >= 4 is 5.91 Å². The average Bonchev–Trinajstić information content (AvgIpc) is 2.94. The molecule has 2 atom stereocenters. The number of aryl methyl sites for hydroxylation is 1. The predicted molar refractivity (Wildman–Crippen MR) is 72.4 cm³/mol. The van der Waals surface area contributed by atoms with Crippen molar-refractivity contribution in [2.45, 2.75) is 52.1 Å². The molecule has 2 N–H and O–H groups in total. The number of hydrogen-bond donors (Lipinski definition) is 1. The van der Waals surface area contributed by atoms with Crippen molar-refractivity contribution in [1.29, 1.82) is 0 Å². The number of carbonyl (C=O) groups is 1. The topological polar surface area (TPSA) is 72.4 Å². The molecule has 0 radical (unpaired) electrons. The molecule has 2 rings (SSSR count). The highest BCUT2D eigenvalue weighted by molar-refractivity contribution is 5.82. The van der Waals surface area contributed by atoms with Crippen molar-refractivity contribution in [2.24, 2.45) is 11.7 Å². The van der Waals surface area contributed by atoms with Gasteiger partial charge in [0.15, 0.2) is 5.76 Å². The highest BCUT2D eigenvalue weighted by Crippen LogP contribution is 2.32.